The minimum Gasteiger partial charge on any atom is -0.459 e. The fourth-order valence-electron chi connectivity index (χ4n) is 10.1. The minimum atomic E-state index is -1.49. The number of thioether (sulfide) groups is 1. The maximum Gasteiger partial charge on any atom is 0.410 e. The van der Waals surface area contributed by atoms with Crippen LogP contribution < -0.4 is 18.9 Å². The molecule has 12 nitrogen and oxygen atoms in total. The number of allylic oxidation sites excluding steroid dienone is 1. The van der Waals surface area contributed by atoms with Crippen LogP contribution in [0.4, 0.5) is 4.79 Å². The summed E-state index contributed by atoms with van der Waals surface area (Å²) in [7, 11) is 0. The van der Waals surface area contributed by atoms with Crippen LogP contribution in [0.2, 0.25) is 0 Å². The average Bonchev–Trinajstić information content (AvgIpc) is 3.83. The first-order valence-electron chi connectivity index (χ1n) is 23.4. The number of oxime groups is 1. The zero-order valence-corrected chi connectivity index (χ0v) is 39.1. The van der Waals surface area contributed by atoms with Gasteiger partial charge in [-0.05, 0) is 121 Å². The van der Waals surface area contributed by atoms with E-state index in [-0.39, 0.29) is 70.5 Å². The van der Waals surface area contributed by atoms with Gasteiger partial charge in [-0.2, -0.15) is 0 Å². The van der Waals surface area contributed by atoms with Crippen LogP contribution in [0.3, 0.4) is 0 Å². The van der Waals surface area contributed by atoms with E-state index in [1.807, 2.05) is 91.2 Å². The molecule has 1 saturated carbocycles. The van der Waals surface area contributed by atoms with Crippen molar-refractivity contribution in [3.8, 4) is 28.7 Å². The molecule has 0 spiro atoms. The average molecular weight is 931 g/mol. The summed E-state index contributed by atoms with van der Waals surface area (Å²) in [5.41, 5.74) is 4.31. The molecule has 2 heterocycles. The number of carbonyl (C=O) groups excluding carboxylic acids is 1. The summed E-state index contributed by atoms with van der Waals surface area (Å²) < 4.78 is 38.7. The first kappa shape index (κ1) is 47.8. The third-order valence-corrected chi connectivity index (χ3v) is 13.9. The monoisotopic (exact) mass is 930 g/mol. The second-order valence-electron chi connectivity index (χ2n) is 17.3. The molecule has 6 atom stereocenters. The SMILES string of the molecule is C=CCCOC(=O)N(Cc1ccc2c(c1)OCO2)[C@H]1CC(=NOCc2ccccc2)C2=C[C@H](CCCCO)[C@@H](CCCCO)[C@@H]3c4cc(Oc5ccc(SC)cc5)ccc4O[C@@]1(OCC=C)[C@H]23. The lowest BCUT2D eigenvalue weighted by Gasteiger charge is -2.59. The van der Waals surface area contributed by atoms with E-state index in [1.165, 1.54) is 0 Å². The third-order valence-electron chi connectivity index (χ3n) is 13.1. The number of aliphatic hydroxyl groups excluding tert-OH is 2. The van der Waals surface area contributed by atoms with E-state index in [1.54, 1.807) is 28.8 Å². The highest BCUT2D eigenvalue weighted by atomic mass is 32.2. The van der Waals surface area contributed by atoms with Crippen LogP contribution in [0.15, 0.2) is 138 Å². The van der Waals surface area contributed by atoms with Crippen molar-refractivity contribution in [1.82, 2.24) is 4.90 Å². The van der Waals surface area contributed by atoms with Gasteiger partial charge in [-0.15, -0.1) is 24.9 Å². The van der Waals surface area contributed by atoms with Crippen LogP contribution in [0.5, 0.6) is 28.7 Å². The largest absolute Gasteiger partial charge is 0.459 e. The highest BCUT2D eigenvalue weighted by Crippen LogP contribution is 2.62. The molecule has 67 heavy (non-hydrogen) atoms. The highest BCUT2D eigenvalue weighted by Gasteiger charge is 2.65. The van der Waals surface area contributed by atoms with Gasteiger partial charge >= 0.3 is 6.09 Å². The molecule has 0 bridgehead atoms. The number of rotatable bonds is 23. The summed E-state index contributed by atoms with van der Waals surface area (Å²) in [4.78, 5) is 24.0. The number of hydrogen-bond acceptors (Lipinski definition) is 12. The van der Waals surface area contributed by atoms with Crippen LogP contribution in [0, 0.1) is 17.8 Å². The Balaban J connectivity index is 1.33. The normalized spacial score (nSPS) is 22.7. The van der Waals surface area contributed by atoms with Crippen LogP contribution in [-0.4, -0.2) is 78.2 Å². The molecule has 8 rings (SSSR count). The molecule has 1 amide bonds. The van der Waals surface area contributed by atoms with Gasteiger partial charge in [-0.25, -0.2) is 4.79 Å². The van der Waals surface area contributed by atoms with Gasteiger partial charge in [0.15, 0.2) is 11.5 Å². The Morgan fingerprint density at radius 1 is 0.881 bits per heavy atom. The molecule has 13 heteroatoms. The number of ether oxygens (including phenoxy) is 6. The maximum absolute atomic E-state index is 14.9. The van der Waals surface area contributed by atoms with Gasteiger partial charge in [0, 0.05) is 42.6 Å². The maximum atomic E-state index is 14.9. The Morgan fingerprint density at radius 2 is 1.64 bits per heavy atom. The van der Waals surface area contributed by atoms with E-state index >= 15 is 0 Å². The zero-order chi connectivity index (χ0) is 46.6. The summed E-state index contributed by atoms with van der Waals surface area (Å²) in [5, 5.41) is 25.1. The summed E-state index contributed by atoms with van der Waals surface area (Å²) in [6.07, 6.45) is 12.4. The van der Waals surface area contributed by atoms with E-state index in [9.17, 15) is 15.0 Å². The first-order chi connectivity index (χ1) is 32.9. The van der Waals surface area contributed by atoms with Gasteiger partial charge in [0.25, 0.3) is 0 Å². The molecule has 2 aliphatic carbocycles. The zero-order valence-electron chi connectivity index (χ0n) is 38.3. The van der Waals surface area contributed by atoms with Gasteiger partial charge in [0.2, 0.25) is 12.6 Å². The summed E-state index contributed by atoms with van der Waals surface area (Å²) in [6, 6.07) is 28.7. The van der Waals surface area contributed by atoms with E-state index in [0.717, 1.165) is 52.8 Å². The predicted molar refractivity (Wildman–Crippen MR) is 259 cm³/mol. The molecule has 0 unspecified atom stereocenters. The van der Waals surface area contributed by atoms with Gasteiger partial charge in [-0.1, -0.05) is 72.6 Å². The number of hydrogen-bond donors (Lipinski definition) is 2. The van der Waals surface area contributed by atoms with Crippen molar-refractivity contribution < 1.29 is 48.3 Å². The first-order valence-corrected chi connectivity index (χ1v) is 24.6. The van der Waals surface area contributed by atoms with Crippen molar-refractivity contribution in [2.75, 3.05) is 39.5 Å². The molecular formula is C54H62N2O10S. The van der Waals surface area contributed by atoms with E-state index in [2.05, 4.69) is 25.3 Å². The Bertz CT molecular complexity index is 2370. The quantitative estimate of drug-likeness (QED) is 0.0318. The molecule has 2 aliphatic heterocycles. The standard InChI is InChI=1S/C54H62N2O10S/c1-4-6-29-60-53(59)56(34-38-18-24-48-49(30-38)62-36-61-48)50-33-46(55-64-35-37-14-8-7-9-15-37)44-31-39(16-10-12-26-57)43(17-11-13-27-58)51-45-32-41(65-40-19-22-42(67-3)23-20-40)21-25-47(45)66-54(50,52(44)51)63-28-5-2/h4-5,7-9,14-15,18-25,30-32,39,43,50-52,57-58H,1-2,6,10-13,16-17,26-29,33-36H2,3H3/t39-,43+,50-,51+,52+,54+/m0/s1. The Hall–Kier alpha value is -5.73. The second kappa shape index (κ2) is 22.8. The lowest BCUT2D eigenvalue weighted by molar-refractivity contribution is -0.256. The fourth-order valence-corrected chi connectivity index (χ4v) is 10.5. The predicted octanol–water partition coefficient (Wildman–Crippen LogP) is 11.0. The number of amides is 1. The smallest absolute Gasteiger partial charge is 0.410 e. The van der Waals surface area contributed by atoms with Gasteiger partial charge in [0.05, 0.1) is 24.8 Å². The number of aliphatic hydroxyl groups is 2. The van der Waals surface area contributed by atoms with Gasteiger partial charge < -0.3 is 43.5 Å². The van der Waals surface area contributed by atoms with Crippen molar-refractivity contribution in [3.05, 3.63) is 145 Å². The molecule has 4 aromatic rings. The minimum absolute atomic E-state index is 0.0246. The highest BCUT2D eigenvalue weighted by molar-refractivity contribution is 7.98. The molecule has 1 fully saturated rings. The van der Waals surface area contributed by atoms with Crippen molar-refractivity contribution in [3.63, 3.8) is 0 Å². The molecule has 0 radical (unpaired) electrons. The number of benzene rings is 4. The summed E-state index contributed by atoms with van der Waals surface area (Å²) in [5.74, 6) is 1.01. The lowest BCUT2D eigenvalue weighted by atomic mass is 9.55. The second-order valence-corrected chi connectivity index (χ2v) is 18.2. The Morgan fingerprint density at radius 3 is 2.40 bits per heavy atom. The Kier molecular flexibility index (Phi) is 16.3. The van der Waals surface area contributed by atoms with Crippen molar-refractivity contribution in [2.24, 2.45) is 22.9 Å². The molecular weight excluding hydrogens is 869 g/mol. The number of nitrogens with zero attached hydrogens (tertiary/aromatic N) is 2. The van der Waals surface area contributed by atoms with Crippen LogP contribution in [-0.2, 0) is 27.5 Å². The topological polar surface area (TPSA) is 138 Å². The van der Waals surface area contributed by atoms with Crippen LogP contribution in [0.1, 0.15) is 74.0 Å². The molecule has 0 saturated heterocycles. The lowest BCUT2D eigenvalue weighted by Crippen LogP contribution is -2.70. The van der Waals surface area contributed by atoms with Crippen LogP contribution >= 0.6 is 11.8 Å². The molecule has 0 aromatic heterocycles. The molecule has 4 aromatic carbocycles. The number of fused-ring (bicyclic) bond motifs is 3. The van der Waals surface area contributed by atoms with Crippen LogP contribution in [0.25, 0.3) is 0 Å². The fraction of sp³-hybridized carbons (Fsp3) is 0.407. The van der Waals surface area contributed by atoms with Crippen molar-refractivity contribution in [2.45, 2.75) is 87.2 Å². The van der Waals surface area contributed by atoms with Crippen molar-refractivity contribution >= 4 is 23.6 Å². The number of unbranched alkanes of at least 4 members (excludes halogenated alkanes) is 2. The van der Waals surface area contributed by atoms with Gasteiger partial charge in [0.1, 0.15) is 29.9 Å². The third kappa shape index (κ3) is 10.9. The van der Waals surface area contributed by atoms with E-state index < -0.39 is 23.8 Å². The summed E-state index contributed by atoms with van der Waals surface area (Å²) in [6.45, 7) is 8.81. The summed E-state index contributed by atoms with van der Waals surface area (Å²) >= 11 is 1.67. The van der Waals surface area contributed by atoms with E-state index in [4.69, 9.17) is 38.4 Å². The molecule has 2 N–H and O–H groups in total. The molecule has 354 valence electrons. The van der Waals surface area contributed by atoms with Gasteiger partial charge in [-0.3, -0.25) is 4.90 Å². The van der Waals surface area contributed by atoms with Crippen molar-refractivity contribution in [1.29, 1.82) is 0 Å². The van der Waals surface area contributed by atoms with E-state index in [0.29, 0.717) is 53.7 Å². The number of carbonyl (C=O) groups is 1. The Labute approximate surface area is 398 Å². The molecule has 4 aliphatic rings.